The summed E-state index contributed by atoms with van der Waals surface area (Å²) in [5, 5.41) is 8.97. The molecule has 1 N–H and O–H groups in total. The fourth-order valence-electron chi connectivity index (χ4n) is 1.37. The van der Waals surface area contributed by atoms with Gasteiger partial charge < -0.3 is 9.52 Å². The number of hydrogen-bond donors (Lipinski definition) is 1. The molecule has 0 aliphatic rings. The van der Waals surface area contributed by atoms with Crippen molar-refractivity contribution in [1.82, 2.24) is 4.98 Å². The van der Waals surface area contributed by atoms with Crippen LogP contribution < -0.4 is 0 Å². The van der Waals surface area contributed by atoms with E-state index < -0.39 is 0 Å². The van der Waals surface area contributed by atoms with Crippen molar-refractivity contribution in [3.05, 3.63) is 17.3 Å². The van der Waals surface area contributed by atoms with E-state index in [0.29, 0.717) is 11.8 Å². The fraction of sp³-hybridized carbons (Fsp3) is 0.727. The van der Waals surface area contributed by atoms with Crippen LogP contribution in [0.25, 0.3) is 0 Å². The van der Waals surface area contributed by atoms with Gasteiger partial charge in [-0.2, -0.15) is 0 Å². The summed E-state index contributed by atoms with van der Waals surface area (Å²) < 4.78 is 5.49. The van der Waals surface area contributed by atoms with Gasteiger partial charge in [-0.3, -0.25) is 0 Å². The number of aliphatic hydroxyl groups is 1. The lowest BCUT2D eigenvalue weighted by molar-refractivity contribution is 0.235. The molecule has 0 aliphatic heterocycles. The highest BCUT2D eigenvalue weighted by molar-refractivity contribution is 5.21. The van der Waals surface area contributed by atoms with E-state index in [-0.39, 0.29) is 12.0 Å². The van der Waals surface area contributed by atoms with Gasteiger partial charge in [0.25, 0.3) is 0 Å². The zero-order valence-corrected chi connectivity index (χ0v) is 9.59. The maximum absolute atomic E-state index is 8.97. The second-order valence-electron chi connectivity index (χ2n) is 4.88. The molecule has 1 aromatic rings. The third-order valence-corrected chi connectivity index (χ3v) is 2.07. The molecule has 0 amide bonds. The summed E-state index contributed by atoms with van der Waals surface area (Å²) in [6.07, 6.45) is 0. The van der Waals surface area contributed by atoms with Gasteiger partial charge in [0.1, 0.15) is 12.4 Å². The Morgan fingerprint density at radius 1 is 1.36 bits per heavy atom. The van der Waals surface area contributed by atoms with E-state index in [1.54, 1.807) is 0 Å². The standard InChI is InChI=1S/C11H19NO2/c1-7(2)9-10(11(3,4)5)12-8(6-13)14-9/h7,13H,6H2,1-5H3. The van der Waals surface area contributed by atoms with E-state index in [4.69, 9.17) is 9.52 Å². The van der Waals surface area contributed by atoms with Crippen molar-refractivity contribution in [2.75, 3.05) is 0 Å². The summed E-state index contributed by atoms with van der Waals surface area (Å²) in [4.78, 5) is 4.30. The summed E-state index contributed by atoms with van der Waals surface area (Å²) in [6, 6.07) is 0. The van der Waals surface area contributed by atoms with Crippen molar-refractivity contribution in [2.24, 2.45) is 0 Å². The first-order valence-electron chi connectivity index (χ1n) is 4.97. The molecule has 0 unspecified atom stereocenters. The minimum Gasteiger partial charge on any atom is -0.443 e. The van der Waals surface area contributed by atoms with Crippen molar-refractivity contribution in [3.63, 3.8) is 0 Å². The first-order chi connectivity index (χ1) is 6.36. The highest BCUT2D eigenvalue weighted by Gasteiger charge is 2.25. The fourth-order valence-corrected chi connectivity index (χ4v) is 1.37. The van der Waals surface area contributed by atoms with Gasteiger partial charge in [-0.1, -0.05) is 34.6 Å². The van der Waals surface area contributed by atoms with Gasteiger partial charge >= 0.3 is 0 Å². The number of aromatic nitrogens is 1. The first-order valence-corrected chi connectivity index (χ1v) is 4.97. The van der Waals surface area contributed by atoms with Crippen LogP contribution in [0.5, 0.6) is 0 Å². The third-order valence-electron chi connectivity index (χ3n) is 2.07. The van der Waals surface area contributed by atoms with E-state index >= 15 is 0 Å². The summed E-state index contributed by atoms with van der Waals surface area (Å²) in [6.45, 7) is 10.3. The van der Waals surface area contributed by atoms with E-state index in [0.717, 1.165) is 11.5 Å². The lowest BCUT2D eigenvalue weighted by Gasteiger charge is -2.17. The van der Waals surface area contributed by atoms with E-state index in [9.17, 15) is 0 Å². The second kappa shape index (κ2) is 3.73. The van der Waals surface area contributed by atoms with Gasteiger partial charge in [0.15, 0.2) is 0 Å². The van der Waals surface area contributed by atoms with Gasteiger partial charge in [0.2, 0.25) is 5.89 Å². The molecule has 0 saturated heterocycles. The van der Waals surface area contributed by atoms with Crippen molar-refractivity contribution in [3.8, 4) is 0 Å². The molecule has 0 aromatic carbocycles. The molecule has 3 heteroatoms. The van der Waals surface area contributed by atoms with Crippen LogP contribution in [0.15, 0.2) is 4.42 Å². The third kappa shape index (κ3) is 2.15. The minimum atomic E-state index is -0.129. The molecule has 1 aromatic heterocycles. The number of aliphatic hydroxyl groups excluding tert-OH is 1. The molecule has 3 nitrogen and oxygen atoms in total. The van der Waals surface area contributed by atoms with Crippen LogP contribution >= 0.6 is 0 Å². The average molecular weight is 197 g/mol. The molecule has 0 saturated carbocycles. The Kier molecular flexibility index (Phi) is 3.00. The number of oxazole rings is 1. The van der Waals surface area contributed by atoms with E-state index in [2.05, 4.69) is 39.6 Å². The van der Waals surface area contributed by atoms with E-state index in [1.165, 1.54) is 0 Å². The molecule has 0 atom stereocenters. The van der Waals surface area contributed by atoms with Gasteiger partial charge in [-0.05, 0) is 0 Å². The predicted molar refractivity (Wildman–Crippen MR) is 55.2 cm³/mol. The van der Waals surface area contributed by atoms with Crippen LogP contribution in [-0.2, 0) is 12.0 Å². The lowest BCUT2D eigenvalue weighted by atomic mass is 9.88. The number of nitrogens with zero attached hydrogens (tertiary/aromatic N) is 1. The number of hydrogen-bond acceptors (Lipinski definition) is 3. The van der Waals surface area contributed by atoms with Gasteiger partial charge in [-0.25, -0.2) is 4.98 Å². The van der Waals surface area contributed by atoms with Crippen molar-refractivity contribution in [2.45, 2.75) is 52.6 Å². The lowest BCUT2D eigenvalue weighted by Crippen LogP contribution is -2.14. The normalized spacial score (nSPS) is 12.5. The Bertz CT molecular complexity index is 308. The highest BCUT2D eigenvalue weighted by atomic mass is 16.4. The van der Waals surface area contributed by atoms with Crippen LogP contribution in [0.4, 0.5) is 0 Å². The highest BCUT2D eigenvalue weighted by Crippen LogP contribution is 2.30. The smallest absolute Gasteiger partial charge is 0.220 e. The molecule has 14 heavy (non-hydrogen) atoms. The summed E-state index contributed by atoms with van der Waals surface area (Å²) in [7, 11) is 0. The minimum absolute atomic E-state index is 0.0312. The van der Waals surface area contributed by atoms with Crippen molar-refractivity contribution < 1.29 is 9.52 Å². The molecule has 0 spiro atoms. The molecule has 0 aliphatic carbocycles. The molecule has 0 bridgehead atoms. The average Bonchev–Trinajstić information content (AvgIpc) is 2.46. The Balaban J connectivity index is 3.19. The molecule has 80 valence electrons. The Labute approximate surface area is 85.2 Å². The Hall–Kier alpha value is -0.830. The molecular weight excluding hydrogens is 178 g/mol. The van der Waals surface area contributed by atoms with Gasteiger partial charge in [0.05, 0.1) is 5.69 Å². The summed E-state index contributed by atoms with van der Waals surface area (Å²) >= 11 is 0. The van der Waals surface area contributed by atoms with Crippen molar-refractivity contribution >= 4 is 0 Å². The van der Waals surface area contributed by atoms with Crippen LogP contribution in [0.1, 0.15) is 57.9 Å². The largest absolute Gasteiger partial charge is 0.443 e. The van der Waals surface area contributed by atoms with Crippen LogP contribution in [0.2, 0.25) is 0 Å². The van der Waals surface area contributed by atoms with E-state index in [1.807, 2.05) is 0 Å². The number of rotatable bonds is 2. The van der Waals surface area contributed by atoms with Crippen molar-refractivity contribution in [1.29, 1.82) is 0 Å². The van der Waals surface area contributed by atoms with Crippen LogP contribution in [0, 0.1) is 0 Å². The SMILES string of the molecule is CC(C)c1oc(CO)nc1C(C)(C)C. The predicted octanol–water partition coefficient (Wildman–Crippen LogP) is 2.59. The summed E-state index contributed by atoms with van der Waals surface area (Å²) in [5.74, 6) is 1.61. The Morgan fingerprint density at radius 3 is 2.21 bits per heavy atom. The topological polar surface area (TPSA) is 46.3 Å². The first kappa shape index (κ1) is 11.2. The molecule has 1 rings (SSSR count). The zero-order chi connectivity index (χ0) is 10.9. The van der Waals surface area contributed by atoms with Crippen LogP contribution in [-0.4, -0.2) is 10.1 Å². The monoisotopic (exact) mass is 197 g/mol. The maximum atomic E-state index is 8.97. The van der Waals surface area contributed by atoms with Gasteiger partial charge in [0, 0.05) is 11.3 Å². The second-order valence-corrected chi connectivity index (χ2v) is 4.88. The van der Waals surface area contributed by atoms with Crippen LogP contribution in [0.3, 0.4) is 0 Å². The quantitative estimate of drug-likeness (QED) is 0.792. The zero-order valence-electron chi connectivity index (χ0n) is 9.59. The van der Waals surface area contributed by atoms with Gasteiger partial charge in [-0.15, -0.1) is 0 Å². The maximum Gasteiger partial charge on any atom is 0.220 e. The summed E-state index contributed by atoms with van der Waals surface area (Å²) in [5.41, 5.74) is 0.924. The molecule has 1 heterocycles. The molecule has 0 radical (unpaired) electrons. The molecular formula is C11H19NO2. The Morgan fingerprint density at radius 2 is 1.93 bits per heavy atom. The molecule has 0 fully saturated rings.